The van der Waals surface area contributed by atoms with Crippen LogP contribution >= 0.6 is 0 Å². The summed E-state index contributed by atoms with van der Waals surface area (Å²) in [5, 5.41) is 0. The molecule has 20 heavy (non-hydrogen) atoms. The summed E-state index contributed by atoms with van der Waals surface area (Å²) in [5.41, 5.74) is 6.09. The number of ether oxygens (including phenoxy) is 2. The van der Waals surface area contributed by atoms with Crippen molar-refractivity contribution < 1.29 is 9.47 Å². The van der Waals surface area contributed by atoms with E-state index in [1.807, 2.05) is 13.8 Å². The third-order valence-electron chi connectivity index (χ3n) is 4.36. The molecular formula is C16H34N2O2. The molecule has 120 valence electrons. The van der Waals surface area contributed by atoms with Crippen LogP contribution in [0.4, 0.5) is 0 Å². The fraction of sp³-hybridized carbons (Fsp3) is 1.00. The Hall–Kier alpha value is -0.160. The average molecular weight is 286 g/mol. The molecule has 1 fully saturated rings. The Labute approximate surface area is 125 Å². The van der Waals surface area contributed by atoms with E-state index in [1.54, 1.807) is 0 Å². The summed E-state index contributed by atoms with van der Waals surface area (Å²) in [4.78, 5) is 2.50. The standard InChI is InChI=1S/C16H34N2O2/c1-3-19-12-10-18(11-13-20-4-2)16(14-17)15-8-6-5-7-9-15/h15-16H,3-14,17H2,1-2H3. The van der Waals surface area contributed by atoms with Crippen molar-refractivity contribution in [1.29, 1.82) is 0 Å². The Balaban J connectivity index is 2.50. The fourth-order valence-corrected chi connectivity index (χ4v) is 3.25. The fourth-order valence-electron chi connectivity index (χ4n) is 3.25. The molecule has 0 bridgehead atoms. The lowest BCUT2D eigenvalue weighted by molar-refractivity contribution is 0.0425. The van der Waals surface area contributed by atoms with Crippen molar-refractivity contribution in [2.75, 3.05) is 46.1 Å². The SMILES string of the molecule is CCOCCN(CCOCC)C(CN)C1CCCCC1. The minimum atomic E-state index is 0.496. The maximum Gasteiger partial charge on any atom is 0.0593 e. The van der Waals surface area contributed by atoms with Crippen molar-refractivity contribution in [3.63, 3.8) is 0 Å². The monoisotopic (exact) mass is 286 g/mol. The van der Waals surface area contributed by atoms with Crippen LogP contribution in [-0.2, 0) is 9.47 Å². The van der Waals surface area contributed by atoms with E-state index < -0.39 is 0 Å². The first-order valence-electron chi connectivity index (χ1n) is 8.43. The first-order chi connectivity index (χ1) is 9.83. The number of nitrogens with zero attached hydrogens (tertiary/aromatic N) is 1. The van der Waals surface area contributed by atoms with Crippen molar-refractivity contribution in [3.8, 4) is 0 Å². The van der Waals surface area contributed by atoms with E-state index in [0.717, 1.165) is 52.0 Å². The Bertz CT molecular complexity index is 211. The number of hydrogen-bond acceptors (Lipinski definition) is 4. The van der Waals surface area contributed by atoms with Crippen LogP contribution in [-0.4, -0.2) is 57.0 Å². The minimum Gasteiger partial charge on any atom is -0.380 e. The normalized spacial score (nSPS) is 18.6. The van der Waals surface area contributed by atoms with Gasteiger partial charge < -0.3 is 15.2 Å². The zero-order chi connectivity index (χ0) is 14.6. The highest BCUT2D eigenvalue weighted by Gasteiger charge is 2.27. The molecule has 0 saturated heterocycles. The quantitative estimate of drug-likeness (QED) is 0.592. The van der Waals surface area contributed by atoms with Crippen LogP contribution in [0, 0.1) is 5.92 Å². The van der Waals surface area contributed by atoms with E-state index in [4.69, 9.17) is 15.2 Å². The topological polar surface area (TPSA) is 47.7 Å². The van der Waals surface area contributed by atoms with E-state index in [1.165, 1.54) is 32.1 Å². The van der Waals surface area contributed by atoms with Gasteiger partial charge in [0.05, 0.1) is 13.2 Å². The second kappa shape index (κ2) is 11.5. The molecule has 1 aliphatic carbocycles. The van der Waals surface area contributed by atoms with Crippen molar-refractivity contribution in [2.45, 2.75) is 52.0 Å². The molecule has 0 spiro atoms. The van der Waals surface area contributed by atoms with Crippen LogP contribution < -0.4 is 5.73 Å². The summed E-state index contributed by atoms with van der Waals surface area (Å²) in [6.45, 7) is 9.96. The summed E-state index contributed by atoms with van der Waals surface area (Å²) in [7, 11) is 0. The first-order valence-corrected chi connectivity index (χ1v) is 8.43. The van der Waals surface area contributed by atoms with Gasteiger partial charge in [0.2, 0.25) is 0 Å². The van der Waals surface area contributed by atoms with Gasteiger partial charge in [-0.15, -0.1) is 0 Å². The highest BCUT2D eigenvalue weighted by atomic mass is 16.5. The predicted octanol–water partition coefficient (Wildman–Crippen LogP) is 2.27. The van der Waals surface area contributed by atoms with Gasteiger partial charge in [-0.3, -0.25) is 4.90 Å². The molecule has 0 aromatic heterocycles. The van der Waals surface area contributed by atoms with Gasteiger partial charge in [-0.2, -0.15) is 0 Å². The van der Waals surface area contributed by atoms with Crippen molar-refractivity contribution >= 4 is 0 Å². The van der Waals surface area contributed by atoms with E-state index >= 15 is 0 Å². The maximum atomic E-state index is 6.09. The minimum absolute atomic E-state index is 0.496. The van der Waals surface area contributed by atoms with Crippen LogP contribution in [0.15, 0.2) is 0 Å². The van der Waals surface area contributed by atoms with Crippen LogP contribution in [0.1, 0.15) is 46.0 Å². The van der Waals surface area contributed by atoms with Gasteiger partial charge in [-0.1, -0.05) is 19.3 Å². The molecule has 4 nitrogen and oxygen atoms in total. The zero-order valence-electron chi connectivity index (χ0n) is 13.5. The molecule has 1 rings (SSSR count). The molecule has 1 aliphatic rings. The molecular weight excluding hydrogens is 252 g/mol. The van der Waals surface area contributed by atoms with E-state index in [-0.39, 0.29) is 0 Å². The number of rotatable bonds is 11. The number of hydrogen-bond donors (Lipinski definition) is 1. The lowest BCUT2D eigenvalue weighted by atomic mass is 9.83. The Morgan fingerprint density at radius 2 is 1.55 bits per heavy atom. The van der Waals surface area contributed by atoms with Gasteiger partial charge in [0.1, 0.15) is 0 Å². The third-order valence-corrected chi connectivity index (χ3v) is 4.36. The van der Waals surface area contributed by atoms with Crippen molar-refractivity contribution in [1.82, 2.24) is 4.90 Å². The molecule has 0 heterocycles. The molecule has 0 aromatic carbocycles. The maximum absolute atomic E-state index is 6.09. The Morgan fingerprint density at radius 3 is 2.00 bits per heavy atom. The molecule has 4 heteroatoms. The molecule has 2 N–H and O–H groups in total. The molecule has 1 saturated carbocycles. The van der Waals surface area contributed by atoms with Gasteiger partial charge in [-0.25, -0.2) is 0 Å². The second-order valence-corrected chi connectivity index (χ2v) is 5.63. The number of nitrogens with two attached hydrogens (primary N) is 1. The van der Waals surface area contributed by atoms with Gasteiger partial charge in [0, 0.05) is 38.9 Å². The Kier molecular flexibility index (Phi) is 10.3. The summed E-state index contributed by atoms with van der Waals surface area (Å²) >= 11 is 0. The lowest BCUT2D eigenvalue weighted by Crippen LogP contribution is -2.48. The summed E-state index contributed by atoms with van der Waals surface area (Å²) in [6.07, 6.45) is 6.80. The molecule has 0 aromatic rings. The summed E-state index contributed by atoms with van der Waals surface area (Å²) in [5.74, 6) is 0.761. The largest absolute Gasteiger partial charge is 0.380 e. The Morgan fingerprint density at radius 1 is 1.00 bits per heavy atom. The second-order valence-electron chi connectivity index (χ2n) is 5.63. The first kappa shape index (κ1) is 17.9. The van der Waals surface area contributed by atoms with Gasteiger partial charge in [0.15, 0.2) is 0 Å². The smallest absolute Gasteiger partial charge is 0.0593 e. The van der Waals surface area contributed by atoms with E-state index in [0.29, 0.717) is 6.04 Å². The van der Waals surface area contributed by atoms with Crippen LogP contribution in [0.5, 0.6) is 0 Å². The van der Waals surface area contributed by atoms with Crippen LogP contribution in [0.2, 0.25) is 0 Å². The van der Waals surface area contributed by atoms with Crippen LogP contribution in [0.3, 0.4) is 0 Å². The molecule has 0 amide bonds. The predicted molar refractivity (Wildman–Crippen MR) is 84.0 cm³/mol. The molecule has 0 radical (unpaired) electrons. The highest BCUT2D eigenvalue weighted by molar-refractivity contribution is 4.82. The molecule has 1 unspecified atom stereocenters. The van der Waals surface area contributed by atoms with Crippen molar-refractivity contribution in [2.24, 2.45) is 11.7 Å². The molecule has 1 atom stereocenters. The van der Waals surface area contributed by atoms with Gasteiger partial charge in [-0.05, 0) is 32.6 Å². The van der Waals surface area contributed by atoms with Gasteiger partial charge in [0.25, 0.3) is 0 Å². The van der Waals surface area contributed by atoms with E-state index in [2.05, 4.69) is 4.90 Å². The summed E-state index contributed by atoms with van der Waals surface area (Å²) in [6, 6.07) is 0.496. The highest BCUT2D eigenvalue weighted by Crippen LogP contribution is 2.28. The average Bonchev–Trinajstić information content (AvgIpc) is 2.49. The zero-order valence-corrected chi connectivity index (χ0v) is 13.5. The van der Waals surface area contributed by atoms with E-state index in [9.17, 15) is 0 Å². The van der Waals surface area contributed by atoms with Gasteiger partial charge >= 0.3 is 0 Å². The van der Waals surface area contributed by atoms with Crippen LogP contribution in [0.25, 0.3) is 0 Å². The van der Waals surface area contributed by atoms with Crippen molar-refractivity contribution in [3.05, 3.63) is 0 Å². The molecule has 0 aliphatic heterocycles. The third kappa shape index (κ3) is 6.53. The summed E-state index contributed by atoms with van der Waals surface area (Å²) < 4.78 is 11.1. The lowest BCUT2D eigenvalue weighted by Gasteiger charge is -2.38.